The second-order valence-electron chi connectivity index (χ2n) is 8.50. The summed E-state index contributed by atoms with van der Waals surface area (Å²) in [4.78, 5) is 0. The maximum absolute atomic E-state index is 7.20. The minimum Gasteiger partial charge on any atom is -0.443 e. The second kappa shape index (κ2) is 8.51. The molecule has 0 spiro atoms. The van der Waals surface area contributed by atoms with Gasteiger partial charge in [-0.3, -0.25) is 0 Å². The van der Waals surface area contributed by atoms with E-state index in [1.54, 1.807) is 0 Å². The number of hydrogen-bond donors (Lipinski definition) is 0. The third kappa shape index (κ3) is 6.00. The zero-order chi connectivity index (χ0) is 17.0. The molecule has 0 amide bonds. The van der Waals surface area contributed by atoms with Gasteiger partial charge in [0.1, 0.15) is 0 Å². The highest BCUT2D eigenvalue weighted by molar-refractivity contribution is 7.19. The van der Waals surface area contributed by atoms with E-state index < -0.39 is 15.9 Å². The molecule has 21 heavy (non-hydrogen) atoms. The molecule has 4 heteroatoms. The van der Waals surface area contributed by atoms with Crippen LogP contribution in [0.5, 0.6) is 0 Å². The van der Waals surface area contributed by atoms with Crippen molar-refractivity contribution in [1.29, 1.82) is 0 Å². The largest absolute Gasteiger partial charge is 0.443 e. The molecule has 0 bridgehead atoms. The van der Waals surface area contributed by atoms with Crippen LogP contribution in [0, 0.1) is 11.8 Å². The van der Waals surface area contributed by atoms with Gasteiger partial charge < -0.3 is 4.12 Å². The van der Waals surface area contributed by atoms with Gasteiger partial charge in [-0.2, -0.15) is 0 Å². The molecule has 0 saturated heterocycles. The van der Waals surface area contributed by atoms with Crippen LogP contribution in [0.4, 0.5) is 0 Å². The van der Waals surface area contributed by atoms with E-state index in [0.29, 0.717) is 28.5 Å². The van der Waals surface area contributed by atoms with Crippen molar-refractivity contribution < 1.29 is 4.12 Å². The van der Waals surface area contributed by atoms with E-state index in [4.69, 9.17) is 15.2 Å². The molecule has 0 aliphatic heterocycles. The molecular weight excluding hydrogens is 312 g/mol. The lowest BCUT2D eigenvalue weighted by Gasteiger charge is -2.48. The molecule has 0 saturated carbocycles. The normalized spacial score (nSPS) is 14.3. The summed E-state index contributed by atoms with van der Waals surface area (Å²) in [6.45, 7) is 23.2. The van der Waals surface area contributed by atoms with Crippen LogP contribution >= 0.6 is 11.1 Å². The lowest BCUT2D eigenvalue weighted by molar-refractivity contribution is 0.457. The van der Waals surface area contributed by atoms with Crippen LogP contribution in [-0.2, 0) is 4.12 Å². The van der Waals surface area contributed by atoms with Crippen LogP contribution < -0.4 is 0 Å². The minimum atomic E-state index is -2.17. The summed E-state index contributed by atoms with van der Waals surface area (Å²) in [7, 11) is -4.03. The van der Waals surface area contributed by atoms with Gasteiger partial charge in [-0.1, -0.05) is 69.2 Å². The molecule has 0 aromatic carbocycles. The molecular formula is C17H39ClOSi2. The molecule has 0 N–H and O–H groups in total. The lowest BCUT2D eigenvalue weighted by Crippen LogP contribution is -2.55. The van der Waals surface area contributed by atoms with Crippen molar-refractivity contribution in [2.75, 3.05) is 0 Å². The van der Waals surface area contributed by atoms with Gasteiger partial charge in [-0.05, 0) is 40.5 Å². The van der Waals surface area contributed by atoms with Crippen molar-refractivity contribution in [1.82, 2.24) is 0 Å². The molecule has 0 unspecified atom stereocenters. The summed E-state index contributed by atoms with van der Waals surface area (Å²) in [6, 6.07) is 2.15. The first kappa shape index (κ1) is 21.7. The monoisotopic (exact) mass is 350 g/mol. The fourth-order valence-corrected chi connectivity index (χ4v) is 19.7. The number of halogens is 1. The van der Waals surface area contributed by atoms with Crippen LogP contribution in [0.1, 0.15) is 69.2 Å². The first-order chi connectivity index (χ1) is 9.37. The van der Waals surface area contributed by atoms with Crippen molar-refractivity contribution >= 4 is 27.0 Å². The van der Waals surface area contributed by atoms with Gasteiger partial charge in [0.05, 0.1) is 0 Å². The van der Waals surface area contributed by atoms with Gasteiger partial charge >= 0.3 is 0 Å². The van der Waals surface area contributed by atoms with E-state index in [2.05, 4.69) is 69.2 Å². The molecule has 0 atom stereocenters. The van der Waals surface area contributed by atoms with E-state index >= 15 is 0 Å². The van der Waals surface area contributed by atoms with E-state index in [0.717, 1.165) is 12.1 Å². The zero-order valence-electron chi connectivity index (χ0n) is 16.1. The van der Waals surface area contributed by atoms with Crippen molar-refractivity contribution in [3.8, 4) is 0 Å². The quantitative estimate of drug-likeness (QED) is 0.316. The minimum absolute atomic E-state index is 0.613. The fraction of sp³-hybridized carbons (Fsp3) is 1.00. The van der Waals surface area contributed by atoms with Gasteiger partial charge in [-0.25, -0.2) is 0 Å². The summed E-state index contributed by atoms with van der Waals surface area (Å²) in [5.41, 5.74) is 1.84. The lowest BCUT2D eigenvalue weighted by atomic mass is 10.3. The molecule has 1 nitrogen and oxygen atoms in total. The molecule has 0 aliphatic rings. The Bertz CT molecular complexity index is 269. The van der Waals surface area contributed by atoms with Crippen LogP contribution in [0.15, 0.2) is 0 Å². The predicted octanol–water partition coefficient (Wildman–Crippen LogP) is 7.17. The maximum atomic E-state index is 7.20. The average molecular weight is 351 g/mol. The Balaban J connectivity index is 5.59. The van der Waals surface area contributed by atoms with Gasteiger partial charge in [0.15, 0.2) is 8.32 Å². The second-order valence-corrected chi connectivity index (χ2v) is 19.1. The SMILES string of the molecule is CC(C)C[Si](Cl)(CC(C)C)O[Si](C(C)C)(C(C)C)C(C)C. The molecule has 0 rings (SSSR count). The summed E-state index contributed by atoms with van der Waals surface area (Å²) in [5, 5.41) is 0. The standard InChI is InChI=1S/C17H39ClOSi2/c1-13(2)11-20(18,12-14(3)4)19-21(15(5)6,16(7)8)17(9)10/h13-17H,11-12H2,1-10H3. The van der Waals surface area contributed by atoms with E-state index in [9.17, 15) is 0 Å². The molecule has 0 aliphatic carbocycles. The highest BCUT2D eigenvalue weighted by Crippen LogP contribution is 2.47. The Morgan fingerprint density at radius 3 is 1.14 bits per heavy atom. The van der Waals surface area contributed by atoms with Crippen molar-refractivity contribution in [2.45, 2.75) is 97.9 Å². The highest BCUT2D eigenvalue weighted by atomic mass is 35.6. The van der Waals surface area contributed by atoms with E-state index in [1.807, 2.05) is 0 Å². The van der Waals surface area contributed by atoms with E-state index in [1.165, 1.54) is 0 Å². The van der Waals surface area contributed by atoms with Crippen LogP contribution in [0.3, 0.4) is 0 Å². The van der Waals surface area contributed by atoms with Crippen molar-refractivity contribution in [3.63, 3.8) is 0 Å². The Morgan fingerprint density at radius 1 is 0.667 bits per heavy atom. The molecule has 128 valence electrons. The van der Waals surface area contributed by atoms with Gasteiger partial charge in [0, 0.05) is 0 Å². The third-order valence-corrected chi connectivity index (χ3v) is 17.3. The third-order valence-electron chi connectivity index (χ3n) is 4.49. The molecule has 0 aromatic rings. The summed E-state index contributed by atoms with van der Waals surface area (Å²) in [5.74, 6) is 1.23. The Morgan fingerprint density at radius 2 is 0.952 bits per heavy atom. The smallest absolute Gasteiger partial charge is 0.280 e. The van der Waals surface area contributed by atoms with E-state index in [-0.39, 0.29) is 0 Å². The molecule has 0 radical (unpaired) electrons. The van der Waals surface area contributed by atoms with Crippen molar-refractivity contribution in [2.24, 2.45) is 11.8 Å². The first-order valence-corrected chi connectivity index (χ1v) is 14.2. The summed E-state index contributed by atoms with van der Waals surface area (Å²) >= 11 is 7.20. The molecule has 0 fully saturated rings. The van der Waals surface area contributed by atoms with Crippen molar-refractivity contribution in [3.05, 3.63) is 0 Å². The van der Waals surface area contributed by atoms with Gasteiger partial charge in [0.25, 0.3) is 7.63 Å². The number of rotatable bonds is 9. The molecule has 0 heterocycles. The Labute approximate surface area is 141 Å². The summed E-state index contributed by atoms with van der Waals surface area (Å²) in [6.07, 6.45) is 0. The topological polar surface area (TPSA) is 9.23 Å². The Hall–Kier alpha value is 0.684. The van der Waals surface area contributed by atoms with Crippen LogP contribution in [-0.4, -0.2) is 15.9 Å². The van der Waals surface area contributed by atoms with Gasteiger partial charge in [0.2, 0.25) is 0 Å². The first-order valence-electron chi connectivity index (χ1n) is 8.76. The highest BCUT2D eigenvalue weighted by Gasteiger charge is 2.51. The van der Waals surface area contributed by atoms with Gasteiger partial charge in [-0.15, -0.1) is 11.1 Å². The number of hydrogen-bond acceptors (Lipinski definition) is 1. The molecule has 0 aromatic heterocycles. The van der Waals surface area contributed by atoms with Crippen LogP contribution in [0.25, 0.3) is 0 Å². The average Bonchev–Trinajstić information content (AvgIpc) is 2.21. The predicted molar refractivity (Wildman–Crippen MR) is 103 cm³/mol. The van der Waals surface area contributed by atoms with Crippen LogP contribution in [0.2, 0.25) is 28.7 Å². The summed E-state index contributed by atoms with van der Waals surface area (Å²) < 4.78 is 7.07. The zero-order valence-corrected chi connectivity index (χ0v) is 18.8. The fourth-order valence-electron chi connectivity index (χ4n) is 4.06. The Kier molecular flexibility index (Phi) is 8.79. The maximum Gasteiger partial charge on any atom is 0.280 e.